The number of nitrogens with zero attached hydrogens (tertiary/aromatic N) is 2. The molecule has 0 aromatic heterocycles. The number of carbonyl (C=O) groups is 4. The Kier molecular flexibility index (Phi) is 33.5. The summed E-state index contributed by atoms with van der Waals surface area (Å²) in [6, 6.07) is 0. The number of esters is 2. The van der Waals surface area contributed by atoms with Crippen molar-refractivity contribution in [3.8, 4) is 0 Å². The molecule has 0 aromatic rings. The molecule has 0 bridgehead atoms. The number of thioether (sulfide) groups is 1. The molecule has 2 aliphatic heterocycles. The van der Waals surface area contributed by atoms with Crippen LogP contribution in [0.25, 0.3) is 0 Å². The molecule has 2 saturated heterocycles. The summed E-state index contributed by atoms with van der Waals surface area (Å²) in [7, 11) is -3.47. The Bertz CT molecular complexity index is 977. The van der Waals surface area contributed by atoms with Crippen molar-refractivity contribution in [2.24, 2.45) is 11.8 Å². The molecule has 17 heteroatoms. The number of hydrogen-bond donors (Lipinski definition) is 0. The van der Waals surface area contributed by atoms with Crippen molar-refractivity contribution in [1.29, 1.82) is 0 Å². The first-order valence-corrected chi connectivity index (χ1v) is 19.6. The normalized spacial score (nSPS) is 16.4. The SMILES string of the molecule is CC(=O)[S-].CCOC(=O)[C@H](CCCN1CCOCC1)CCOS(C)(=O)=O.CCOC(=O)[C@H](CCCN1CCOCC1)CCSC(C)=O.[K+]. The average Bonchev–Trinajstić information content (AvgIpc) is 3.00. The van der Waals surface area contributed by atoms with Crippen molar-refractivity contribution < 1.29 is 102 Å². The van der Waals surface area contributed by atoms with Gasteiger partial charge in [0.05, 0.1) is 64.3 Å². The van der Waals surface area contributed by atoms with E-state index in [4.69, 9.17) is 23.1 Å². The van der Waals surface area contributed by atoms with E-state index in [9.17, 15) is 27.6 Å². The molecule has 0 amide bonds. The molecule has 0 spiro atoms. The van der Waals surface area contributed by atoms with Crippen LogP contribution in [-0.2, 0) is 65.1 Å². The van der Waals surface area contributed by atoms with Crippen molar-refractivity contribution in [1.82, 2.24) is 9.80 Å². The quantitative estimate of drug-likeness (QED) is 0.0729. The first-order valence-electron chi connectivity index (χ1n) is 16.4. The van der Waals surface area contributed by atoms with E-state index in [1.165, 1.54) is 18.7 Å². The first kappa shape index (κ1) is 50.3. The summed E-state index contributed by atoms with van der Waals surface area (Å²) in [6.07, 6.45) is 5.42. The van der Waals surface area contributed by atoms with E-state index in [1.807, 2.05) is 6.92 Å². The Labute approximate surface area is 340 Å². The second-order valence-electron chi connectivity index (χ2n) is 11.0. The fourth-order valence-electron chi connectivity index (χ4n) is 4.74. The van der Waals surface area contributed by atoms with Gasteiger partial charge in [0.2, 0.25) is 0 Å². The van der Waals surface area contributed by atoms with Crippen LogP contribution < -0.4 is 51.4 Å². The van der Waals surface area contributed by atoms with Crippen molar-refractivity contribution in [2.45, 2.75) is 66.2 Å². The molecule has 48 heavy (non-hydrogen) atoms. The van der Waals surface area contributed by atoms with Crippen LogP contribution in [-0.4, -0.2) is 138 Å². The summed E-state index contributed by atoms with van der Waals surface area (Å²) < 4.78 is 47.5. The summed E-state index contributed by atoms with van der Waals surface area (Å²) in [5.74, 6) is -0.109. The van der Waals surface area contributed by atoms with E-state index in [2.05, 4.69) is 22.4 Å². The fourth-order valence-corrected chi connectivity index (χ4v) is 5.83. The third-order valence-corrected chi connectivity index (χ3v) is 8.48. The van der Waals surface area contributed by atoms with Gasteiger partial charge in [-0.15, -0.1) is 0 Å². The monoisotopic (exact) mass is 768 g/mol. The molecule has 0 aliphatic carbocycles. The number of carbonyl (C=O) groups excluding carboxylic acids is 4. The average molecular weight is 769 g/mol. The van der Waals surface area contributed by atoms with Crippen LogP contribution in [0.15, 0.2) is 0 Å². The van der Waals surface area contributed by atoms with Gasteiger partial charge in [0.1, 0.15) is 0 Å². The van der Waals surface area contributed by atoms with Gasteiger partial charge in [0, 0.05) is 44.0 Å². The maximum atomic E-state index is 12.0. The summed E-state index contributed by atoms with van der Waals surface area (Å²) in [5, 5.41) is -0.147. The zero-order valence-corrected chi connectivity index (χ0v) is 35.5. The summed E-state index contributed by atoms with van der Waals surface area (Å²) >= 11 is 5.26. The smallest absolute Gasteiger partial charge is 0.742 e. The van der Waals surface area contributed by atoms with Gasteiger partial charge in [-0.3, -0.25) is 28.4 Å². The predicted molar refractivity (Wildman–Crippen MR) is 184 cm³/mol. The minimum atomic E-state index is -3.47. The molecule has 0 N–H and O–H groups in total. The predicted octanol–water partition coefficient (Wildman–Crippen LogP) is -0.324. The molecular formula is C31H57KN2O11S3. The Morgan fingerprint density at radius 1 is 0.771 bits per heavy atom. The molecule has 0 aromatic carbocycles. The molecule has 0 radical (unpaired) electrons. The third-order valence-electron chi connectivity index (χ3n) is 7.04. The Morgan fingerprint density at radius 2 is 1.17 bits per heavy atom. The van der Waals surface area contributed by atoms with E-state index >= 15 is 0 Å². The summed E-state index contributed by atoms with van der Waals surface area (Å²) in [5.41, 5.74) is 0. The Morgan fingerprint density at radius 3 is 1.52 bits per heavy atom. The van der Waals surface area contributed by atoms with E-state index in [-0.39, 0.29) is 92.0 Å². The van der Waals surface area contributed by atoms with Gasteiger partial charge in [0.25, 0.3) is 10.1 Å². The first-order chi connectivity index (χ1) is 22.3. The van der Waals surface area contributed by atoms with Crippen molar-refractivity contribution in [3.05, 3.63) is 0 Å². The topological polar surface area (TPSA) is 155 Å². The zero-order valence-electron chi connectivity index (χ0n) is 29.9. The van der Waals surface area contributed by atoms with Crippen LogP contribution >= 0.6 is 11.8 Å². The van der Waals surface area contributed by atoms with Gasteiger partial charge in [0.15, 0.2) is 5.12 Å². The van der Waals surface area contributed by atoms with E-state index in [0.717, 1.165) is 91.2 Å². The van der Waals surface area contributed by atoms with Crippen molar-refractivity contribution in [3.63, 3.8) is 0 Å². The molecule has 2 heterocycles. The van der Waals surface area contributed by atoms with E-state index < -0.39 is 10.1 Å². The maximum absolute atomic E-state index is 12.0. The number of hydrogen-bond acceptors (Lipinski definition) is 15. The van der Waals surface area contributed by atoms with Crippen LogP contribution in [0.4, 0.5) is 0 Å². The van der Waals surface area contributed by atoms with Gasteiger partial charge in [-0.25, -0.2) is 0 Å². The minimum absolute atomic E-state index is 0. The van der Waals surface area contributed by atoms with Crippen LogP contribution in [0, 0.1) is 11.8 Å². The molecular weight excluding hydrogens is 712 g/mol. The molecule has 2 rings (SSSR count). The fraction of sp³-hybridized carbons (Fsp3) is 0.871. The van der Waals surface area contributed by atoms with Crippen LogP contribution in [0.1, 0.15) is 66.2 Å². The molecule has 0 saturated carbocycles. The van der Waals surface area contributed by atoms with E-state index in [0.29, 0.717) is 38.2 Å². The molecule has 2 atom stereocenters. The van der Waals surface area contributed by atoms with Gasteiger partial charge < -0.3 is 36.4 Å². The maximum Gasteiger partial charge on any atom is 1.00 e. The third kappa shape index (κ3) is 31.0. The van der Waals surface area contributed by atoms with Gasteiger partial charge in [-0.2, -0.15) is 8.42 Å². The van der Waals surface area contributed by atoms with Gasteiger partial charge in [-0.1, -0.05) is 11.8 Å². The van der Waals surface area contributed by atoms with Gasteiger partial charge in [-0.05, 0) is 72.4 Å². The van der Waals surface area contributed by atoms with Crippen molar-refractivity contribution >= 4 is 56.7 Å². The van der Waals surface area contributed by atoms with Crippen molar-refractivity contribution in [2.75, 3.05) is 97.5 Å². The molecule has 2 fully saturated rings. The second kappa shape index (κ2) is 31.9. The largest absolute Gasteiger partial charge is 1.00 e. The number of ether oxygens (including phenoxy) is 4. The molecule has 0 unspecified atom stereocenters. The Balaban J connectivity index is 0. The van der Waals surface area contributed by atoms with Crippen LogP contribution in [0.3, 0.4) is 0 Å². The zero-order chi connectivity index (χ0) is 35.5. The molecule has 13 nitrogen and oxygen atoms in total. The second-order valence-corrected chi connectivity index (χ2v) is 14.5. The molecule has 276 valence electrons. The standard InChI is InChI=1S/C15H27NO4S.C14H27NO6S.C2H4OS.K/c1-3-20-15(18)14(6-12-21-13(2)17)5-4-7-16-8-10-19-11-9-16;1-3-20-14(16)13(6-10-21-22(2,17)18)5-4-7-15-8-11-19-12-9-15;1-2(3)4;/h14H,3-12H2,1-2H3;13H,3-12H2,1-2H3;1H3,(H,3,4);/q;;;+1/p-1/t14-;13-;;/m11../s1. The van der Waals surface area contributed by atoms with Crippen LogP contribution in [0.2, 0.25) is 0 Å². The summed E-state index contributed by atoms with van der Waals surface area (Å²) in [4.78, 5) is 48.8. The summed E-state index contributed by atoms with van der Waals surface area (Å²) in [6.45, 7) is 16.0. The number of rotatable bonds is 19. The molecule has 2 aliphatic rings. The van der Waals surface area contributed by atoms with Crippen LogP contribution in [0.5, 0.6) is 0 Å². The number of morpholine rings is 2. The Hall–Kier alpha value is 0.236. The van der Waals surface area contributed by atoms with Gasteiger partial charge >= 0.3 is 63.3 Å². The van der Waals surface area contributed by atoms with E-state index in [1.54, 1.807) is 13.8 Å². The minimum Gasteiger partial charge on any atom is -0.742 e.